The molecule has 0 spiro atoms. The van der Waals surface area contributed by atoms with Crippen molar-refractivity contribution >= 4 is 17.6 Å². The van der Waals surface area contributed by atoms with Crippen molar-refractivity contribution in [2.24, 2.45) is 0 Å². The number of aliphatic carboxylic acids is 1. The molecule has 1 saturated heterocycles. The standard InChI is InChI=1S/C11H11ClO3/c12-9-4-2-1-3-8(9)11(5-10(13)14)6-15-7-11/h1-4H,5-7H2,(H,13,14). The van der Waals surface area contributed by atoms with Gasteiger partial charge in [-0.2, -0.15) is 0 Å². The highest BCUT2D eigenvalue weighted by Crippen LogP contribution is 2.39. The highest BCUT2D eigenvalue weighted by atomic mass is 35.5. The highest BCUT2D eigenvalue weighted by Gasteiger charge is 2.43. The molecule has 1 aliphatic heterocycles. The summed E-state index contributed by atoms with van der Waals surface area (Å²) in [5.74, 6) is -0.821. The van der Waals surface area contributed by atoms with Crippen molar-refractivity contribution < 1.29 is 14.6 Å². The Bertz CT molecular complexity index is 385. The molecule has 3 nitrogen and oxygen atoms in total. The first-order chi connectivity index (χ1) is 7.14. The minimum atomic E-state index is -0.821. The zero-order valence-electron chi connectivity index (χ0n) is 8.07. The average Bonchev–Trinajstić information content (AvgIpc) is 2.12. The van der Waals surface area contributed by atoms with E-state index in [2.05, 4.69) is 0 Å². The Balaban J connectivity index is 2.34. The molecule has 2 rings (SSSR count). The Morgan fingerprint density at radius 1 is 1.47 bits per heavy atom. The lowest BCUT2D eigenvalue weighted by Crippen LogP contribution is -2.48. The van der Waals surface area contributed by atoms with Crippen LogP contribution >= 0.6 is 11.6 Å². The molecule has 0 bridgehead atoms. The maximum absolute atomic E-state index is 10.8. The van der Waals surface area contributed by atoms with Crippen LogP contribution in [0.5, 0.6) is 0 Å². The quantitative estimate of drug-likeness (QED) is 0.859. The van der Waals surface area contributed by atoms with E-state index in [0.29, 0.717) is 18.2 Å². The minimum Gasteiger partial charge on any atom is -0.481 e. The summed E-state index contributed by atoms with van der Waals surface area (Å²) in [6.45, 7) is 0.867. The summed E-state index contributed by atoms with van der Waals surface area (Å²) in [5.41, 5.74) is 0.449. The third kappa shape index (κ3) is 1.85. The van der Waals surface area contributed by atoms with Gasteiger partial charge in [0, 0.05) is 5.02 Å². The van der Waals surface area contributed by atoms with E-state index in [1.807, 2.05) is 18.2 Å². The van der Waals surface area contributed by atoms with Gasteiger partial charge in [0.2, 0.25) is 0 Å². The summed E-state index contributed by atoms with van der Waals surface area (Å²) in [7, 11) is 0. The van der Waals surface area contributed by atoms with Gasteiger partial charge < -0.3 is 9.84 Å². The van der Waals surface area contributed by atoms with Crippen molar-refractivity contribution in [1.82, 2.24) is 0 Å². The second kappa shape index (κ2) is 3.83. The predicted octanol–water partition coefficient (Wildman–Crippen LogP) is 2.08. The molecule has 80 valence electrons. The topological polar surface area (TPSA) is 46.5 Å². The summed E-state index contributed by atoms with van der Waals surface area (Å²) in [6.07, 6.45) is 0.0662. The molecule has 0 amide bonds. The Morgan fingerprint density at radius 2 is 2.13 bits per heavy atom. The van der Waals surface area contributed by atoms with Gasteiger partial charge in [0.05, 0.1) is 25.0 Å². The number of halogens is 1. The Kier molecular flexibility index (Phi) is 2.67. The number of carboxylic acids is 1. The van der Waals surface area contributed by atoms with Gasteiger partial charge in [0.1, 0.15) is 0 Å². The maximum atomic E-state index is 10.8. The zero-order valence-corrected chi connectivity index (χ0v) is 8.83. The van der Waals surface area contributed by atoms with Gasteiger partial charge >= 0.3 is 5.97 Å². The molecule has 1 heterocycles. The van der Waals surface area contributed by atoms with Crippen molar-refractivity contribution in [2.45, 2.75) is 11.8 Å². The van der Waals surface area contributed by atoms with Crippen molar-refractivity contribution in [1.29, 1.82) is 0 Å². The van der Waals surface area contributed by atoms with E-state index in [4.69, 9.17) is 21.4 Å². The number of benzene rings is 1. The first-order valence-electron chi connectivity index (χ1n) is 4.69. The van der Waals surface area contributed by atoms with Crippen molar-refractivity contribution in [2.75, 3.05) is 13.2 Å². The molecule has 1 fully saturated rings. The van der Waals surface area contributed by atoms with Crippen LogP contribution in [0.2, 0.25) is 5.02 Å². The second-order valence-electron chi connectivity index (χ2n) is 3.82. The van der Waals surface area contributed by atoms with Crippen LogP contribution in [-0.2, 0) is 14.9 Å². The van der Waals surface area contributed by atoms with Gasteiger partial charge in [-0.15, -0.1) is 0 Å². The van der Waals surface area contributed by atoms with Crippen molar-refractivity contribution in [3.05, 3.63) is 34.9 Å². The molecule has 1 aliphatic rings. The molecule has 0 unspecified atom stereocenters. The van der Waals surface area contributed by atoms with Gasteiger partial charge in [-0.05, 0) is 11.6 Å². The summed E-state index contributed by atoms with van der Waals surface area (Å²) >= 11 is 6.06. The fourth-order valence-electron chi connectivity index (χ4n) is 1.88. The summed E-state index contributed by atoms with van der Waals surface area (Å²) < 4.78 is 5.13. The molecule has 0 saturated carbocycles. The van der Waals surface area contributed by atoms with Crippen LogP contribution in [0.15, 0.2) is 24.3 Å². The fraction of sp³-hybridized carbons (Fsp3) is 0.364. The molecular formula is C11H11ClO3. The average molecular weight is 227 g/mol. The van der Waals surface area contributed by atoms with Gasteiger partial charge in [-0.25, -0.2) is 0 Å². The molecular weight excluding hydrogens is 216 g/mol. The molecule has 15 heavy (non-hydrogen) atoms. The van der Waals surface area contributed by atoms with E-state index < -0.39 is 11.4 Å². The lowest BCUT2D eigenvalue weighted by molar-refractivity contribution is -0.145. The maximum Gasteiger partial charge on any atom is 0.304 e. The lowest BCUT2D eigenvalue weighted by Gasteiger charge is -2.41. The number of rotatable bonds is 3. The Hall–Kier alpha value is -1.06. The predicted molar refractivity (Wildman–Crippen MR) is 56.2 cm³/mol. The highest BCUT2D eigenvalue weighted by molar-refractivity contribution is 6.31. The normalized spacial score (nSPS) is 18.2. The molecule has 1 N–H and O–H groups in total. The summed E-state index contributed by atoms with van der Waals surface area (Å²) in [6, 6.07) is 7.34. The molecule has 0 aromatic heterocycles. The first-order valence-corrected chi connectivity index (χ1v) is 5.06. The molecule has 1 aromatic carbocycles. The van der Waals surface area contributed by atoms with Crippen LogP contribution in [0, 0.1) is 0 Å². The van der Waals surface area contributed by atoms with Crippen LogP contribution in [0.4, 0.5) is 0 Å². The Labute approximate surface area is 92.6 Å². The lowest BCUT2D eigenvalue weighted by atomic mass is 9.76. The number of carbonyl (C=O) groups is 1. The number of carboxylic acid groups (broad SMARTS) is 1. The van der Waals surface area contributed by atoms with Gasteiger partial charge in [-0.3, -0.25) is 4.79 Å². The van der Waals surface area contributed by atoms with Gasteiger partial charge in [0.15, 0.2) is 0 Å². The number of ether oxygens (including phenoxy) is 1. The second-order valence-corrected chi connectivity index (χ2v) is 4.23. The smallest absolute Gasteiger partial charge is 0.304 e. The number of hydrogen-bond donors (Lipinski definition) is 1. The van der Waals surface area contributed by atoms with E-state index in [-0.39, 0.29) is 6.42 Å². The fourth-order valence-corrected chi connectivity index (χ4v) is 2.22. The van der Waals surface area contributed by atoms with Crippen LogP contribution < -0.4 is 0 Å². The van der Waals surface area contributed by atoms with E-state index in [1.54, 1.807) is 6.07 Å². The van der Waals surface area contributed by atoms with Crippen molar-refractivity contribution in [3.63, 3.8) is 0 Å². The zero-order chi connectivity index (χ0) is 10.9. The molecule has 4 heteroatoms. The molecule has 0 aliphatic carbocycles. The first kappa shape index (κ1) is 10.5. The van der Waals surface area contributed by atoms with Gasteiger partial charge in [0.25, 0.3) is 0 Å². The van der Waals surface area contributed by atoms with E-state index in [0.717, 1.165) is 5.56 Å². The SMILES string of the molecule is O=C(O)CC1(c2ccccc2Cl)COC1. The molecule has 0 atom stereocenters. The largest absolute Gasteiger partial charge is 0.481 e. The van der Waals surface area contributed by atoms with E-state index >= 15 is 0 Å². The molecule has 0 radical (unpaired) electrons. The third-order valence-electron chi connectivity index (χ3n) is 2.69. The van der Waals surface area contributed by atoms with Crippen LogP contribution in [0.1, 0.15) is 12.0 Å². The monoisotopic (exact) mass is 226 g/mol. The van der Waals surface area contributed by atoms with E-state index in [1.165, 1.54) is 0 Å². The Morgan fingerprint density at radius 3 is 2.60 bits per heavy atom. The van der Waals surface area contributed by atoms with Crippen LogP contribution in [0.3, 0.4) is 0 Å². The summed E-state index contributed by atoms with van der Waals surface area (Å²) in [4.78, 5) is 10.8. The summed E-state index contributed by atoms with van der Waals surface area (Å²) in [5, 5.41) is 9.48. The van der Waals surface area contributed by atoms with Crippen molar-refractivity contribution in [3.8, 4) is 0 Å². The molecule has 1 aromatic rings. The third-order valence-corrected chi connectivity index (χ3v) is 3.02. The minimum absolute atomic E-state index is 0.0662. The van der Waals surface area contributed by atoms with Crippen LogP contribution in [0.25, 0.3) is 0 Å². The van der Waals surface area contributed by atoms with Gasteiger partial charge in [-0.1, -0.05) is 29.8 Å². The van der Waals surface area contributed by atoms with Crippen LogP contribution in [-0.4, -0.2) is 24.3 Å². The van der Waals surface area contributed by atoms with E-state index in [9.17, 15) is 4.79 Å². The number of hydrogen-bond acceptors (Lipinski definition) is 2.